The smallest absolute Gasteiger partial charge is 0.324 e. The molecule has 0 fully saturated rings. The van der Waals surface area contributed by atoms with E-state index < -0.39 is 7.60 Å². The van der Waals surface area contributed by atoms with E-state index in [0.717, 1.165) is 25.7 Å². The van der Waals surface area contributed by atoms with Crippen molar-refractivity contribution in [2.75, 3.05) is 12.8 Å². The van der Waals surface area contributed by atoms with Gasteiger partial charge in [0, 0.05) is 22.7 Å². The summed E-state index contributed by atoms with van der Waals surface area (Å²) in [5, 5.41) is 0. The molecule has 0 aliphatic heterocycles. The third-order valence-electron chi connectivity index (χ3n) is 4.35. The minimum Gasteiger partial charge on any atom is -0.324 e. The summed E-state index contributed by atoms with van der Waals surface area (Å²) in [6.45, 7) is 6.97. The van der Waals surface area contributed by atoms with Gasteiger partial charge in [0.2, 0.25) is 0 Å². The maximum atomic E-state index is 12.0. The normalized spacial score (nSPS) is 15.0. The largest absolute Gasteiger partial charge is 0.328 e. The van der Waals surface area contributed by atoms with Gasteiger partial charge in [-0.15, -0.1) is 0 Å². The molecule has 0 heterocycles. The molecule has 0 rings (SSSR count). The van der Waals surface area contributed by atoms with Crippen LogP contribution in [0.5, 0.6) is 0 Å². The third kappa shape index (κ3) is 17.3. The van der Waals surface area contributed by atoms with Crippen LogP contribution in [0.2, 0.25) is 0 Å². The van der Waals surface area contributed by atoms with Crippen molar-refractivity contribution < 1.29 is 30.5 Å². The predicted octanol–water partition coefficient (Wildman–Crippen LogP) is 6.54. The van der Waals surface area contributed by atoms with Gasteiger partial charge in [0.1, 0.15) is 0 Å². The van der Waals surface area contributed by atoms with Crippen LogP contribution in [0.1, 0.15) is 97.8 Å². The van der Waals surface area contributed by atoms with E-state index in [0.29, 0.717) is 18.7 Å². The molecule has 0 spiro atoms. The number of unbranched alkanes of at least 4 members (excludes halogenated alkanes) is 8. The fourth-order valence-corrected chi connectivity index (χ4v) is 3.83. The summed E-state index contributed by atoms with van der Waals surface area (Å²) in [7, 11) is -3.36. The molecule has 0 aromatic rings. The summed E-state index contributed by atoms with van der Waals surface area (Å²) >= 11 is 0. The average molecular weight is 393 g/mol. The zero-order chi connectivity index (χ0) is 16.7. The Morgan fingerprint density at radius 3 is 1.91 bits per heavy atom. The van der Waals surface area contributed by atoms with Crippen molar-refractivity contribution in [1.82, 2.24) is 0 Å². The van der Waals surface area contributed by atoms with Gasteiger partial charge in [0.05, 0.1) is 6.61 Å². The van der Waals surface area contributed by atoms with Crippen molar-refractivity contribution in [2.45, 2.75) is 97.8 Å². The van der Waals surface area contributed by atoms with E-state index in [1.165, 1.54) is 51.4 Å². The SMILES string of the molecule is CCCCCCCCCCP(=O)(O)OCC(CC)CCCC.[Ni]. The molecule has 2 atom stereocenters. The molecule has 1 N–H and O–H groups in total. The van der Waals surface area contributed by atoms with Gasteiger partial charge in [-0.05, 0) is 18.8 Å². The van der Waals surface area contributed by atoms with E-state index in [9.17, 15) is 9.46 Å². The third-order valence-corrected chi connectivity index (χ3v) is 5.78. The standard InChI is InChI=1S/C18H39O3P.Ni/c1-4-7-9-10-11-12-13-14-16-22(19,20)21-17-18(6-3)15-8-5-2;/h18H,4-17H2,1-3H3,(H,19,20);. The molecule has 2 unspecified atom stereocenters. The fourth-order valence-electron chi connectivity index (χ4n) is 2.63. The molecule has 0 saturated carbocycles. The van der Waals surface area contributed by atoms with Crippen LogP contribution in [0, 0.1) is 5.92 Å². The van der Waals surface area contributed by atoms with Crippen LogP contribution in [0.25, 0.3) is 0 Å². The molecule has 3 nitrogen and oxygen atoms in total. The van der Waals surface area contributed by atoms with Crippen molar-refractivity contribution in [3.05, 3.63) is 0 Å². The van der Waals surface area contributed by atoms with E-state index in [1.54, 1.807) is 0 Å². The minimum atomic E-state index is -3.36. The predicted molar refractivity (Wildman–Crippen MR) is 96.6 cm³/mol. The Balaban J connectivity index is 0. The maximum Gasteiger partial charge on any atom is 0.328 e. The molecule has 0 aliphatic rings. The van der Waals surface area contributed by atoms with Gasteiger partial charge in [-0.1, -0.05) is 85.0 Å². The second-order valence-corrected chi connectivity index (χ2v) is 8.53. The van der Waals surface area contributed by atoms with Crippen LogP contribution in [0.15, 0.2) is 0 Å². The Hall–Kier alpha value is 0.644. The molecule has 144 valence electrons. The second-order valence-electron chi connectivity index (χ2n) is 6.55. The number of hydrogen-bond acceptors (Lipinski definition) is 2. The molecule has 0 saturated heterocycles. The molecule has 0 radical (unpaired) electrons. The van der Waals surface area contributed by atoms with Crippen LogP contribution in [0.4, 0.5) is 0 Å². The zero-order valence-electron chi connectivity index (χ0n) is 15.5. The molecule has 0 amide bonds. The Labute approximate surface area is 154 Å². The number of hydrogen-bond donors (Lipinski definition) is 1. The minimum absolute atomic E-state index is 0. The van der Waals surface area contributed by atoms with Crippen LogP contribution in [0.3, 0.4) is 0 Å². The van der Waals surface area contributed by atoms with Crippen LogP contribution < -0.4 is 0 Å². The summed E-state index contributed by atoms with van der Waals surface area (Å²) in [5.74, 6) is 0.430. The van der Waals surface area contributed by atoms with Gasteiger partial charge < -0.3 is 9.42 Å². The molecule has 0 bridgehead atoms. The monoisotopic (exact) mass is 392 g/mol. The first-order chi connectivity index (χ1) is 10.6. The summed E-state index contributed by atoms with van der Waals surface area (Å²) in [4.78, 5) is 9.89. The van der Waals surface area contributed by atoms with Crippen LogP contribution >= 0.6 is 7.60 Å². The Morgan fingerprint density at radius 1 is 0.870 bits per heavy atom. The van der Waals surface area contributed by atoms with Gasteiger partial charge >= 0.3 is 7.60 Å². The summed E-state index contributed by atoms with van der Waals surface area (Å²) in [5.41, 5.74) is 0. The van der Waals surface area contributed by atoms with Gasteiger partial charge in [0.15, 0.2) is 0 Å². The maximum absolute atomic E-state index is 12.0. The van der Waals surface area contributed by atoms with Gasteiger partial charge in [-0.25, -0.2) is 0 Å². The molecular weight excluding hydrogens is 354 g/mol. The first-order valence-electron chi connectivity index (χ1n) is 9.52. The zero-order valence-corrected chi connectivity index (χ0v) is 17.4. The van der Waals surface area contributed by atoms with Gasteiger partial charge in [0.25, 0.3) is 0 Å². The van der Waals surface area contributed by atoms with E-state index in [1.807, 2.05) is 0 Å². The summed E-state index contributed by atoms with van der Waals surface area (Å²) < 4.78 is 17.4. The Kier molecular flexibility index (Phi) is 19.7. The van der Waals surface area contributed by atoms with E-state index in [-0.39, 0.29) is 16.5 Å². The van der Waals surface area contributed by atoms with Crippen molar-refractivity contribution in [2.24, 2.45) is 5.92 Å². The second kappa shape index (κ2) is 17.5. The Morgan fingerprint density at radius 2 is 1.39 bits per heavy atom. The topological polar surface area (TPSA) is 46.5 Å². The Bertz CT molecular complexity index is 287. The first kappa shape index (κ1) is 25.9. The van der Waals surface area contributed by atoms with Crippen LogP contribution in [-0.4, -0.2) is 17.7 Å². The van der Waals surface area contributed by atoms with Gasteiger partial charge in [-0.2, -0.15) is 0 Å². The van der Waals surface area contributed by atoms with Crippen molar-refractivity contribution in [3.63, 3.8) is 0 Å². The quantitative estimate of drug-likeness (QED) is 0.184. The van der Waals surface area contributed by atoms with Crippen molar-refractivity contribution in [1.29, 1.82) is 0 Å². The average Bonchev–Trinajstić information content (AvgIpc) is 2.50. The van der Waals surface area contributed by atoms with Crippen molar-refractivity contribution >= 4 is 7.60 Å². The molecule has 0 aliphatic carbocycles. The van der Waals surface area contributed by atoms with Crippen molar-refractivity contribution in [3.8, 4) is 0 Å². The van der Waals surface area contributed by atoms with E-state index in [4.69, 9.17) is 4.52 Å². The fraction of sp³-hybridized carbons (Fsp3) is 1.00. The summed E-state index contributed by atoms with van der Waals surface area (Å²) in [6.07, 6.45) is 14.3. The van der Waals surface area contributed by atoms with Gasteiger partial charge in [-0.3, -0.25) is 4.57 Å². The molecule has 0 aromatic heterocycles. The number of rotatable bonds is 16. The van der Waals surface area contributed by atoms with E-state index >= 15 is 0 Å². The molecule has 23 heavy (non-hydrogen) atoms. The summed E-state index contributed by atoms with van der Waals surface area (Å²) in [6, 6.07) is 0. The molecule has 0 aromatic carbocycles. The van der Waals surface area contributed by atoms with E-state index in [2.05, 4.69) is 20.8 Å². The van der Waals surface area contributed by atoms with Crippen LogP contribution in [-0.2, 0) is 25.6 Å². The molecule has 5 heteroatoms. The first-order valence-corrected chi connectivity index (χ1v) is 11.3. The molecular formula is C18H39NiO3P.